The highest BCUT2D eigenvalue weighted by molar-refractivity contribution is 5.80. The second-order valence-electron chi connectivity index (χ2n) is 4.79. The van der Waals surface area contributed by atoms with Gasteiger partial charge in [0.15, 0.2) is 0 Å². The van der Waals surface area contributed by atoms with Crippen LogP contribution in [0.2, 0.25) is 0 Å². The first-order chi connectivity index (χ1) is 10.1. The van der Waals surface area contributed by atoms with Gasteiger partial charge in [-0.15, -0.1) is 0 Å². The fourth-order valence-corrected chi connectivity index (χ4v) is 2.14. The Morgan fingerprint density at radius 3 is 2.10 bits per heavy atom. The molecule has 0 unspecified atom stereocenters. The minimum absolute atomic E-state index is 0.134. The van der Waals surface area contributed by atoms with E-state index in [1.54, 1.807) is 0 Å². The average Bonchev–Trinajstić information content (AvgIpc) is 2.48. The van der Waals surface area contributed by atoms with Crippen molar-refractivity contribution in [3.05, 3.63) is 71.8 Å². The molecule has 108 valence electrons. The van der Waals surface area contributed by atoms with Crippen molar-refractivity contribution in [3.63, 3.8) is 0 Å². The second kappa shape index (κ2) is 7.24. The predicted octanol–water partition coefficient (Wildman–Crippen LogP) is 2.56. The summed E-state index contributed by atoms with van der Waals surface area (Å²) in [6.07, 6.45) is 0.105. The van der Waals surface area contributed by atoms with Gasteiger partial charge in [-0.1, -0.05) is 60.7 Å². The van der Waals surface area contributed by atoms with Gasteiger partial charge in [-0.25, -0.2) is 0 Å². The van der Waals surface area contributed by atoms with Gasteiger partial charge in [-0.05, 0) is 11.1 Å². The molecular weight excluding hydrogens is 266 g/mol. The van der Waals surface area contributed by atoms with Gasteiger partial charge in [-0.3, -0.25) is 9.59 Å². The number of hydrogen-bond donors (Lipinski definition) is 2. The van der Waals surface area contributed by atoms with Crippen LogP contribution in [0.25, 0.3) is 0 Å². The topological polar surface area (TPSA) is 66.4 Å². The molecule has 0 aliphatic rings. The fourth-order valence-electron chi connectivity index (χ4n) is 2.14. The zero-order chi connectivity index (χ0) is 15.1. The molecule has 0 aliphatic carbocycles. The lowest BCUT2D eigenvalue weighted by atomic mass is 10.0. The molecule has 1 amide bonds. The average molecular weight is 283 g/mol. The van der Waals surface area contributed by atoms with Crippen LogP contribution in [0.4, 0.5) is 0 Å². The molecule has 21 heavy (non-hydrogen) atoms. The monoisotopic (exact) mass is 283 g/mol. The number of nitrogens with one attached hydrogen (secondary N) is 1. The highest BCUT2D eigenvalue weighted by Gasteiger charge is 2.17. The van der Waals surface area contributed by atoms with Gasteiger partial charge < -0.3 is 10.4 Å². The van der Waals surface area contributed by atoms with Gasteiger partial charge in [0.2, 0.25) is 5.91 Å². The number of carbonyl (C=O) groups is 2. The molecule has 2 aromatic rings. The van der Waals surface area contributed by atoms with Gasteiger partial charge in [0, 0.05) is 0 Å². The van der Waals surface area contributed by atoms with Crippen molar-refractivity contribution in [2.45, 2.75) is 18.9 Å². The fraction of sp³-hybridized carbons (Fsp3) is 0.176. The first kappa shape index (κ1) is 14.8. The van der Waals surface area contributed by atoms with Crippen LogP contribution in [-0.4, -0.2) is 17.0 Å². The lowest BCUT2D eigenvalue weighted by molar-refractivity contribution is -0.137. The molecule has 2 rings (SSSR count). The third-order valence-electron chi connectivity index (χ3n) is 3.12. The highest BCUT2D eigenvalue weighted by Crippen LogP contribution is 2.16. The van der Waals surface area contributed by atoms with Crippen molar-refractivity contribution in [1.29, 1.82) is 0 Å². The summed E-state index contributed by atoms with van der Waals surface area (Å²) in [5, 5.41) is 11.8. The molecular formula is C17H17NO3. The van der Waals surface area contributed by atoms with Crippen LogP contribution in [0.3, 0.4) is 0 Å². The molecule has 4 heteroatoms. The summed E-state index contributed by atoms with van der Waals surface area (Å²) in [4.78, 5) is 23.0. The Balaban J connectivity index is 2.05. The molecule has 0 spiro atoms. The van der Waals surface area contributed by atoms with Crippen molar-refractivity contribution in [2.24, 2.45) is 0 Å². The van der Waals surface area contributed by atoms with Crippen LogP contribution in [-0.2, 0) is 16.0 Å². The normalized spacial score (nSPS) is 11.6. The van der Waals surface area contributed by atoms with Crippen LogP contribution in [0.5, 0.6) is 0 Å². The van der Waals surface area contributed by atoms with Crippen molar-refractivity contribution < 1.29 is 14.7 Å². The zero-order valence-electron chi connectivity index (χ0n) is 11.5. The number of benzene rings is 2. The molecule has 0 aromatic heterocycles. The molecule has 0 aliphatic heterocycles. The number of carboxylic acid groups (broad SMARTS) is 1. The summed E-state index contributed by atoms with van der Waals surface area (Å²) in [6, 6.07) is 18.0. The summed E-state index contributed by atoms with van der Waals surface area (Å²) in [5.41, 5.74) is 1.69. The van der Waals surface area contributed by atoms with Crippen LogP contribution in [0.1, 0.15) is 23.6 Å². The van der Waals surface area contributed by atoms with E-state index in [0.717, 1.165) is 11.1 Å². The van der Waals surface area contributed by atoms with E-state index >= 15 is 0 Å². The van der Waals surface area contributed by atoms with Crippen molar-refractivity contribution >= 4 is 11.9 Å². The quantitative estimate of drug-likeness (QED) is 0.856. The highest BCUT2D eigenvalue weighted by atomic mass is 16.4. The smallest absolute Gasteiger partial charge is 0.305 e. The third-order valence-corrected chi connectivity index (χ3v) is 3.12. The number of amides is 1. The Kier molecular flexibility index (Phi) is 5.10. The lowest BCUT2D eigenvalue weighted by Crippen LogP contribution is -2.31. The van der Waals surface area contributed by atoms with E-state index in [0.29, 0.717) is 0 Å². The Morgan fingerprint density at radius 1 is 0.952 bits per heavy atom. The van der Waals surface area contributed by atoms with Crippen LogP contribution < -0.4 is 5.32 Å². The molecule has 0 saturated carbocycles. The van der Waals surface area contributed by atoms with Gasteiger partial charge in [0.05, 0.1) is 18.9 Å². The van der Waals surface area contributed by atoms with E-state index in [9.17, 15) is 9.59 Å². The van der Waals surface area contributed by atoms with E-state index in [4.69, 9.17) is 5.11 Å². The van der Waals surface area contributed by atoms with E-state index in [2.05, 4.69) is 5.32 Å². The molecule has 1 atom stereocenters. The molecule has 0 fully saturated rings. The van der Waals surface area contributed by atoms with Crippen molar-refractivity contribution in [3.8, 4) is 0 Å². The SMILES string of the molecule is O=C(O)C[C@@H](NC(=O)Cc1ccccc1)c1ccccc1. The molecule has 4 nitrogen and oxygen atoms in total. The standard InChI is InChI=1S/C17H17NO3/c19-16(11-13-7-3-1-4-8-13)18-15(12-17(20)21)14-9-5-2-6-10-14/h1-10,15H,11-12H2,(H,18,19)(H,20,21)/t15-/m1/s1. The number of hydrogen-bond acceptors (Lipinski definition) is 2. The number of rotatable bonds is 6. The van der Waals surface area contributed by atoms with E-state index in [1.807, 2.05) is 60.7 Å². The number of carbonyl (C=O) groups excluding carboxylic acids is 1. The lowest BCUT2D eigenvalue weighted by Gasteiger charge is -2.17. The number of carboxylic acids is 1. The minimum atomic E-state index is -0.941. The molecule has 2 aromatic carbocycles. The Labute approximate surface area is 123 Å². The van der Waals surface area contributed by atoms with Gasteiger partial charge in [0.1, 0.15) is 0 Å². The van der Waals surface area contributed by atoms with E-state index < -0.39 is 12.0 Å². The second-order valence-corrected chi connectivity index (χ2v) is 4.79. The summed E-state index contributed by atoms with van der Waals surface area (Å²) in [6.45, 7) is 0. The van der Waals surface area contributed by atoms with Crippen LogP contribution >= 0.6 is 0 Å². The molecule has 0 saturated heterocycles. The van der Waals surface area contributed by atoms with Gasteiger partial charge >= 0.3 is 5.97 Å². The van der Waals surface area contributed by atoms with Crippen molar-refractivity contribution in [2.75, 3.05) is 0 Å². The molecule has 0 bridgehead atoms. The summed E-state index contributed by atoms with van der Waals surface area (Å²) < 4.78 is 0. The zero-order valence-corrected chi connectivity index (χ0v) is 11.5. The van der Waals surface area contributed by atoms with Crippen molar-refractivity contribution in [1.82, 2.24) is 5.32 Å². The first-order valence-corrected chi connectivity index (χ1v) is 6.75. The largest absolute Gasteiger partial charge is 0.481 e. The Bertz CT molecular complexity index is 596. The maximum Gasteiger partial charge on any atom is 0.305 e. The Morgan fingerprint density at radius 2 is 1.52 bits per heavy atom. The first-order valence-electron chi connectivity index (χ1n) is 6.75. The third kappa shape index (κ3) is 4.76. The molecule has 2 N–H and O–H groups in total. The maximum absolute atomic E-state index is 12.1. The van der Waals surface area contributed by atoms with Gasteiger partial charge in [-0.2, -0.15) is 0 Å². The summed E-state index contributed by atoms with van der Waals surface area (Å²) >= 11 is 0. The van der Waals surface area contributed by atoms with Crippen LogP contribution in [0, 0.1) is 0 Å². The maximum atomic E-state index is 12.1. The molecule has 0 radical (unpaired) electrons. The summed E-state index contributed by atoms with van der Waals surface area (Å²) in [7, 11) is 0. The number of aliphatic carboxylic acids is 1. The van der Waals surface area contributed by atoms with E-state index in [-0.39, 0.29) is 18.7 Å². The summed E-state index contributed by atoms with van der Waals surface area (Å²) in [5.74, 6) is -1.12. The van der Waals surface area contributed by atoms with Crippen LogP contribution in [0.15, 0.2) is 60.7 Å². The van der Waals surface area contributed by atoms with Gasteiger partial charge in [0.25, 0.3) is 0 Å². The Hall–Kier alpha value is -2.62. The predicted molar refractivity (Wildman–Crippen MR) is 79.7 cm³/mol. The van der Waals surface area contributed by atoms with E-state index in [1.165, 1.54) is 0 Å². The molecule has 0 heterocycles. The minimum Gasteiger partial charge on any atom is -0.481 e.